The Hall–Kier alpha value is -3.76. The van der Waals surface area contributed by atoms with Gasteiger partial charge in [0.25, 0.3) is 5.56 Å². The first kappa shape index (κ1) is 28.4. The largest absolute Gasteiger partial charge is 0.464 e. The van der Waals surface area contributed by atoms with Gasteiger partial charge in [0, 0.05) is 49.4 Å². The first-order valence-electron chi connectivity index (χ1n) is 14.3. The highest BCUT2D eigenvalue weighted by atomic mass is 35.5. The Bertz CT molecular complexity index is 1730. The van der Waals surface area contributed by atoms with Gasteiger partial charge in [-0.1, -0.05) is 54.9 Å². The molecule has 1 aliphatic heterocycles. The van der Waals surface area contributed by atoms with Crippen LogP contribution in [0.3, 0.4) is 0 Å². The number of aliphatic hydroxyl groups is 1. The van der Waals surface area contributed by atoms with Gasteiger partial charge in [0.1, 0.15) is 11.3 Å². The van der Waals surface area contributed by atoms with Crippen LogP contribution in [0.15, 0.2) is 76.4 Å². The third-order valence-corrected chi connectivity index (χ3v) is 8.47. The van der Waals surface area contributed by atoms with E-state index in [1.165, 1.54) is 10.1 Å². The van der Waals surface area contributed by atoms with Crippen LogP contribution in [-0.4, -0.2) is 54.6 Å². The molecule has 218 valence electrons. The summed E-state index contributed by atoms with van der Waals surface area (Å²) in [5.74, 6) is 0.783. The van der Waals surface area contributed by atoms with E-state index in [4.69, 9.17) is 16.0 Å². The number of hydrogen-bond acceptors (Lipinski definition) is 7. The summed E-state index contributed by atoms with van der Waals surface area (Å²) in [6, 6.07) is 17.9. The van der Waals surface area contributed by atoms with Crippen LogP contribution >= 0.6 is 11.6 Å². The molecular formula is C32H35ClN6O3. The molecule has 1 aliphatic rings. The number of furan rings is 1. The minimum absolute atomic E-state index is 0.173. The Labute approximate surface area is 249 Å². The van der Waals surface area contributed by atoms with Crippen LogP contribution in [0.5, 0.6) is 0 Å². The molecule has 0 saturated carbocycles. The highest BCUT2D eigenvalue weighted by molar-refractivity contribution is 6.31. The van der Waals surface area contributed by atoms with E-state index in [2.05, 4.69) is 39.4 Å². The average molecular weight is 587 g/mol. The van der Waals surface area contributed by atoms with Gasteiger partial charge in [-0.25, -0.2) is 4.98 Å². The number of nitrogens with one attached hydrogen (secondary N) is 1. The van der Waals surface area contributed by atoms with Gasteiger partial charge < -0.3 is 14.8 Å². The quantitative estimate of drug-likeness (QED) is 0.255. The van der Waals surface area contributed by atoms with Crippen molar-refractivity contribution in [3.8, 4) is 22.6 Å². The van der Waals surface area contributed by atoms with Gasteiger partial charge in [0.05, 0.1) is 30.4 Å². The zero-order valence-electron chi connectivity index (χ0n) is 23.9. The molecule has 2 N–H and O–H groups in total. The molecule has 4 heterocycles. The molecule has 0 bridgehead atoms. The van der Waals surface area contributed by atoms with Crippen molar-refractivity contribution in [3.63, 3.8) is 0 Å². The second-order valence-electron chi connectivity index (χ2n) is 11.1. The number of halogens is 1. The normalized spacial score (nSPS) is 15.4. The standard InChI is InChI=1S/C32H35ClN6O3/c1-3-34-18-22-6-8-23(9-7-22)30-28-29(36-37(30)2)31(40)39(21-35-28)20-32(41)12-14-38(15-13-32)19-25-11-10-24(17-26(25)33)27-5-4-16-42-27/h4-11,16-17,21,34,41H,3,12-15,18-20H2,1-2H3. The first-order chi connectivity index (χ1) is 20.3. The smallest absolute Gasteiger partial charge is 0.281 e. The Balaban J connectivity index is 1.13. The molecule has 0 radical (unpaired) electrons. The van der Waals surface area contributed by atoms with Gasteiger partial charge in [0.15, 0.2) is 5.52 Å². The lowest BCUT2D eigenvalue weighted by atomic mass is 9.91. The Morgan fingerprint density at radius 1 is 1.07 bits per heavy atom. The van der Waals surface area contributed by atoms with Gasteiger partial charge in [-0.15, -0.1) is 0 Å². The van der Waals surface area contributed by atoms with Crippen LogP contribution in [0.1, 0.15) is 30.9 Å². The van der Waals surface area contributed by atoms with E-state index in [9.17, 15) is 9.90 Å². The molecule has 10 heteroatoms. The fourth-order valence-electron chi connectivity index (χ4n) is 5.70. The summed E-state index contributed by atoms with van der Waals surface area (Å²) in [7, 11) is 1.83. The molecule has 0 amide bonds. The second-order valence-corrected chi connectivity index (χ2v) is 11.5. The fraction of sp³-hybridized carbons (Fsp3) is 0.344. The highest BCUT2D eigenvalue weighted by Crippen LogP contribution is 2.30. The van der Waals surface area contributed by atoms with E-state index in [1.807, 2.05) is 49.5 Å². The van der Waals surface area contributed by atoms with Crippen LogP contribution in [0.25, 0.3) is 33.6 Å². The molecule has 2 aromatic carbocycles. The number of likely N-dealkylation sites (tertiary alicyclic amines) is 1. The van der Waals surface area contributed by atoms with Crippen LogP contribution in [0, 0.1) is 0 Å². The molecule has 6 rings (SSSR count). The van der Waals surface area contributed by atoms with Crippen molar-refractivity contribution in [1.82, 2.24) is 29.5 Å². The highest BCUT2D eigenvalue weighted by Gasteiger charge is 2.33. The Morgan fingerprint density at radius 3 is 2.52 bits per heavy atom. The number of nitrogens with zero attached hydrogens (tertiary/aromatic N) is 5. The number of aromatic nitrogens is 4. The van der Waals surface area contributed by atoms with E-state index in [0.717, 1.165) is 41.2 Å². The molecule has 1 fully saturated rings. The fourth-order valence-corrected chi connectivity index (χ4v) is 5.94. The molecule has 0 atom stereocenters. The van der Waals surface area contributed by atoms with Crippen molar-refractivity contribution < 1.29 is 9.52 Å². The van der Waals surface area contributed by atoms with Gasteiger partial charge >= 0.3 is 0 Å². The molecular weight excluding hydrogens is 552 g/mol. The Kier molecular flexibility index (Phi) is 8.00. The maximum absolute atomic E-state index is 13.5. The second kappa shape index (κ2) is 11.9. The number of rotatable bonds is 9. The lowest BCUT2D eigenvalue weighted by molar-refractivity contribution is -0.0364. The van der Waals surface area contributed by atoms with Crippen LogP contribution in [-0.2, 0) is 26.7 Å². The van der Waals surface area contributed by atoms with Crippen LogP contribution in [0.2, 0.25) is 5.02 Å². The number of aryl methyl sites for hydroxylation is 1. The minimum atomic E-state index is -1.01. The predicted octanol–water partition coefficient (Wildman–Crippen LogP) is 4.85. The zero-order valence-corrected chi connectivity index (χ0v) is 24.6. The third-order valence-electron chi connectivity index (χ3n) is 8.12. The monoisotopic (exact) mass is 586 g/mol. The predicted molar refractivity (Wildman–Crippen MR) is 164 cm³/mol. The molecule has 0 aliphatic carbocycles. The molecule has 3 aromatic heterocycles. The summed E-state index contributed by atoms with van der Waals surface area (Å²) in [5, 5.41) is 20.0. The lowest BCUT2D eigenvalue weighted by Gasteiger charge is -2.38. The molecule has 9 nitrogen and oxygen atoms in total. The third kappa shape index (κ3) is 5.78. The maximum atomic E-state index is 13.5. The van der Waals surface area contributed by atoms with Crippen molar-refractivity contribution in [2.24, 2.45) is 7.05 Å². The summed E-state index contributed by atoms with van der Waals surface area (Å²) in [5.41, 5.74) is 4.52. The van der Waals surface area contributed by atoms with E-state index in [-0.39, 0.29) is 12.1 Å². The van der Waals surface area contributed by atoms with Gasteiger partial charge in [0.2, 0.25) is 0 Å². The zero-order chi connectivity index (χ0) is 29.3. The van der Waals surface area contributed by atoms with Crippen LogP contribution in [0.4, 0.5) is 0 Å². The number of piperidine rings is 1. The molecule has 5 aromatic rings. The number of fused-ring (bicyclic) bond motifs is 1. The number of hydrogen-bond donors (Lipinski definition) is 2. The van der Waals surface area contributed by atoms with E-state index in [0.29, 0.717) is 48.5 Å². The summed E-state index contributed by atoms with van der Waals surface area (Å²) in [6.07, 6.45) is 4.26. The Morgan fingerprint density at radius 2 is 1.83 bits per heavy atom. The van der Waals surface area contributed by atoms with Crippen molar-refractivity contribution in [1.29, 1.82) is 0 Å². The van der Waals surface area contributed by atoms with Crippen molar-refractivity contribution >= 4 is 22.6 Å². The summed E-state index contributed by atoms with van der Waals surface area (Å²) in [6.45, 7) is 6.04. The van der Waals surface area contributed by atoms with Gasteiger partial charge in [-0.2, -0.15) is 5.10 Å². The molecule has 1 saturated heterocycles. The average Bonchev–Trinajstić information content (AvgIpc) is 3.65. The minimum Gasteiger partial charge on any atom is -0.464 e. The first-order valence-corrected chi connectivity index (χ1v) is 14.7. The van der Waals surface area contributed by atoms with Crippen LogP contribution < -0.4 is 10.9 Å². The SMILES string of the molecule is CCNCc1ccc(-c2c3ncn(CC4(O)CCN(Cc5ccc(-c6ccco6)cc5Cl)CC4)c(=O)c3nn2C)cc1. The topological polar surface area (TPSA) is 101 Å². The van der Waals surface area contributed by atoms with Gasteiger partial charge in [-0.3, -0.25) is 18.9 Å². The summed E-state index contributed by atoms with van der Waals surface area (Å²) < 4.78 is 8.69. The van der Waals surface area contributed by atoms with Gasteiger partial charge in [-0.05, 0) is 48.7 Å². The molecule has 0 spiro atoms. The van der Waals surface area contributed by atoms with E-state index in [1.54, 1.807) is 17.3 Å². The summed E-state index contributed by atoms with van der Waals surface area (Å²) in [4.78, 5) is 20.4. The lowest BCUT2D eigenvalue weighted by Crippen LogP contribution is -2.47. The molecule has 42 heavy (non-hydrogen) atoms. The van der Waals surface area contributed by atoms with Crippen molar-refractivity contribution in [3.05, 3.63) is 93.7 Å². The summed E-state index contributed by atoms with van der Waals surface area (Å²) >= 11 is 6.60. The van der Waals surface area contributed by atoms with E-state index < -0.39 is 5.60 Å². The maximum Gasteiger partial charge on any atom is 0.281 e. The number of benzene rings is 2. The molecule has 0 unspecified atom stereocenters. The van der Waals surface area contributed by atoms with E-state index >= 15 is 0 Å². The van der Waals surface area contributed by atoms with Crippen molar-refractivity contribution in [2.75, 3.05) is 19.6 Å². The van der Waals surface area contributed by atoms with Crippen molar-refractivity contribution in [2.45, 2.75) is 45.0 Å².